The lowest BCUT2D eigenvalue weighted by atomic mass is 10.1. The van der Waals surface area contributed by atoms with E-state index in [9.17, 15) is 9.90 Å². The fraction of sp³-hybridized carbons (Fsp3) is 0.208. The number of hydrogen-bond donors (Lipinski definition) is 1. The number of hydrogen-bond acceptors (Lipinski definition) is 5. The van der Waals surface area contributed by atoms with Gasteiger partial charge < -0.3 is 10.0 Å². The van der Waals surface area contributed by atoms with E-state index in [1.807, 2.05) is 59.5 Å². The highest BCUT2D eigenvalue weighted by atomic mass is 35.5. The minimum atomic E-state index is -0.894. The van der Waals surface area contributed by atoms with Crippen LogP contribution in [0.15, 0.2) is 65.8 Å². The molecule has 31 heavy (non-hydrogen) atoms. The summed E-state index contributed by atoms with van der Waals surface area (Å²) in [4.78, 5) is 23.0. The number of carboxylic acid groups (broad SMARTS) is 1. The van der Waals surface area contributed by atoms with Crippen molar-refractivity contribution in [3.05, 3.63) is 71.5 Å². The van der Waals surface area contributed by atoms with Gasteiger partial charge in [-0.05, 0) is 43.7 Å². The highest BCUT2D eigenvalue weighted by Crippen LogP contribution is 2.33. The van der Waals surface area contributed by atoms with Crippen molar-refractivity contribution >= 4 is 35.1 Å². The maximum absolute atomic E-state index is 11.3. The SMILES string of the molecule is C#CCN(Cc1ccc(SC(C)(C)C(=O)O)cc1)c1cc(-c2cccc(Cl)c2)ncn1. The summed E-state index contributed by atoms with van der Waals surface area (Å²) in [5, 5.41) is 9.96. The van der Waals surface area contributed by atoms with E-state index in [0.29, 0.717) is 23.9 Å². The molecule has 0 unspecified atom stereocenters. The maximum Gasteiger partial charge on any atom is 0.319 e. The standard InChI is InChI=1S/C24H22ClN3O2S/c1-4-12-28(15-17-8-10-20(11-9-17)31-24(2,3)23(29)30)22-14-21(26-16-27-22)18-6-5-7-19(25)13-18/h1,5-11,13-14,16H,12,15H2,2-3H3,(H,29,30). The predicted octanol–water partition coefficient (Wildman–Crippen LogP) is 5.39. The monoisotopic (exact) mass is 451 g/mol. The van der Waals surface area contributed by atoms with Gasteiger partial charge in [0.1, 0.15) is 16.9 Å². The van der Waals surface area contributed by atoms with E-state index in [2.05, 4.69) is 15.9 Å². The Bertz CT molecular complexity index is 1110. The molecule has 0 radical (unpaired) electrons. The van der Waals surface area contributed by atoms with Gasteiger partial charge in [-0.3, -0.25) is 4.79 Å². The van der Waals surface area contributed by atoms with Gasteiger partial charge in [0.05, 0.1) is 12.2 Å². The molecule has 1 N–H and O–H groups in total. The molecule has 0 atom stereocenters. The van der Waals surface area contributed by atoms with Crippen molar-refractivity contribution in [3.8, 4) is 23.6 Å². The summed E-state index contributed by atoms with van der Waals surface area (Å²) in [5.74, 6) is 2.55. The van der Waals surface area contributed by atoms with Crippen LogP contribution < -0.4 is 4.90 Å². The van der Waals surface area contributed by atoms with Gasteiger partial charge in [-0.1, -0.05) is 41.8 Å². The highest BCUT2D eigenvalue weighted by molar-refractivity contribution is 8.01. The predicted molar refractivity (Wildman–Crippen MR) is 126 cm³/mol. The number of aliphatic carboxylic acids is 1. The molecule has 3 aromatic rings. The molecule has 0 aliphatic rings. The molecule has 1 heterocycles. The summed E-state index contributed by atoms with van der Waals surface area (Å²) >= 11 is 7.42. The minimum Gasteiger partial charge on any atom is -0.480 e. The van der Waals surface area contributed by atoms with Crippen LogP contribution in [0.3, 0.4) is 0 Å². The van der Waals surface area contributed by atoms with Crippen LogP contribution in [0.4, 0.5) is 5.82 Å². The third kappa shape index (κ3) is 6.00. The zero-order chi connectivity index (χ0) is 22.4. The average molecular weight is 452 g/mol. The molecule has 0 fully saturated rings. The first kappa shape index (κ1) is 22.7. The van der Waals surface area contributed by atoms with Crippen molar-refractivity contribution in [2.24, 2.45) is 0 Å². The van der Waals surface area contributed by atoms with Crippen LogP contribution in [-0.2, 0) is 11.3 Å². The van der Waals surface area contributed by atoms with E-state index in [1.165, 1.54) is 18.1 Å². The molecule has 0 spiro atoms. The van der Waals surface area contributed by atoms with Gasteiger partial charge >= 0.3 is 5.97 Å². The molecule has 0 saturated heterocycles. The summed E-state index contributed by atoms with van der Waals surface area (Å²) < 4.78 is -0.894. The molecule has 0 saturated carbocycles. The average Bonchev–Trinajstić information content (AvgIpc) is 2.74. The number of thioether (sulfide) groups is 1. The molecule has 2 aromatic carbocycles. The summed E-state index contributed by atoms with van der Waals surface area (Å²) in [6, 6.07) is 17.2. The lowest BCUT2D eigenvalue weighted by Gasteiger charge is -2.22. The highest BCUT2D eigenvalue weighted by Gasteiger charge is 2.28. The van der Waals surface area contributed by atoms with Crippen LogP contribution in [0.25, 0.3) is 11.3 Å². The van der Waals surface area contributed by atoms with Gasteiger partial charge in [-0.25, -0.2) is 9.97 Å². The summed E-state index contributed by atoms with van der Waals surface area (Å²) in [5.41, 5.74) is 2.70. The van der Waals surface area contributed by atoms with Crippen LogP contribution in [0.5, 0.6) is 0 Å². The molecule has 1 aromatic heterocycles. The zero-order valence-electron chi connectivity index (χ0n) is 17.2. The molecular formula is C24H22ClN3O2S. The Hall–Kier alpha value is -3.01. The first-order chi connectivity index (χ1) is 14.8. The molecule has 5 nitrogen and oxygen atoms in total. The second-order valence-electron chi connectivity index (χ2n) is 7.39. The summed E-state index contributed by atoms with van der Waals surface area (Å²) in [6.45, 7) is 4.32. The molecule has 7 heteroatoms. The number of carbonyl (C=O) groups is 1. The van der Waals surface area contributed by atoms with Crippen molar-refractivity contribution in [1.29, 1.82) is 0 Å². The Balaban J connectivity index is 1.80. The summed E-state index contributed by atoms with van der Waals surface area (Å²) in [6.07, 6.45) is 7.12. The van der Waals surface area contributed by atoms with E-state index in [0.717, 1.165) is 21.7 Å². The molecule has 3 rings (SSSR count). The van der Waals surface area contributed by atoms with Crippen molar-refractivity contribution in [3.63, 3.8) is 0 Å². The topological polar surface area (TPSA) is 66.3 Å². The number of rotatable bonds is 8. The van der Waals surface area contributed by atoms with E-state index in [-0.39, 0.29) is 0 Å². The van der Waals surface area contributed by atoms with Gasteiger partial charge in [0.25, 0.3) is 0 Å². The van der Waals surface area contributed by atoms with Gasteiger partial charge in [-0.2, -0.15) is 0 Å². The Morgan fingerprint density at radius 2 is 1.94 bits per heavy atom. The van der Waals surface area contributed by atoms with Crippen LogP contribution >= 0.6 is 23.4 Å². The van der Waals surface area contributed by atoms with E-state index in [4.69, 9.17) is 18.0 Å². The number of aromatic nitrogens is 2. The maximum atomic E-state index is 11.3. The second-order valence-corrected chi connectivity index (χ2v) is 9.53. The number of benzene rings is 2. The number of anilines is 1. The molecule has 0 amide bonds. The van der Waals surface area contributed by atoms with Gasteiger partial charge in [0.15, 0.2) is 0 Å². The second kappa shape index (κ2) is 9.86. The molecule has 0 aliphatic carbocycles. The Morgan fingerprint density at radius 3 is 2.58 bits per heavy atom. The lowest BCUT2D eigenvalue weighted by molar-refractivity contribution is -0.138. The molecule has 0 aliphatic heterocycles. The van der Waals surface area contributed by atoms with E-state index < -0.39 is 10.7 Å². The van der Waals surface area contributed by atoms with Crippen LogP contribution in [0.1, 0.15) is 19.4 Å². The van der Waals surface area contributed by atoms with E-state index in [1.54, 1.807) is 13.8 Å². The third-order valence-corrected chi connectivity index (χ3v) is 5.99. The third-order valence-electron chi connectivity index (χ3n) is 4.56. The van der Waals surface area contributed by atoms with E-state index >= 15 is 0 Å². The fourth-order valence-corrected chi connectivity index (χ4v) is 4.01. The zero-order valence-corrected chi connectivity index (χ0v) is 18.8. The first-order valence-corrected chi connectivity index (χ1v) is 10.8. The molecule has 158 valence electrons. The lowest BCUT2D eigenvalue weighted by Crippen LogP contribution is -2.26. The van der Waals surface area contributed by atoms with Gasteiger partial charge in [0.2, 0.25) is 0 Å². The van der Waals surface area contributed by atoms with Crippen molar-refractivity contribution in [1.82, 2.24) is 9.97 Å². The smallest absolute Gasteiger partial charge is 0.319 e. The summed E-state index contributed by atoms with van der Waals surface area (Å²) in [7, 11) is 0. The Labute approximate surface area is 191 Å². The number of halogens is 1. The largest absolute Gasteiger partial charge is 0.480 e. The van der Waals surface area contributed by atoms with Gasteiger partial charge in [0, 0.05) is 28.1 Å². The molecular weight excluding hydrogens is 430 g/mol. The van der Waals surface area contributed by atoms with Crippen molar-refractivity contribution < 1.29 is 9.90 Å². The minimum absolute atomic E-state index is 0.383. The fourth-order valence-electron chi connectivity index (χ4n) is 2.88. The normalized spacial score (nSPS) is 11.0. The first-order valence-electron chi connectivity index (χ1n) is 9.56. The van der Waals surface area contributed by atoms with Crippen LogP contribution in [-0.4, -0.2) is 32.3 Å². The molecule has 0 bridgehead atoms. The quantitative estimate of drug-likeness (QED) is 0.365. The Morgan fingerprint density at radius 1 is 1.19 bits per heavy atom. The van der Waals surface area contributed by atoms with Crippen LogP contribution in [0, 0.1) is 12.3 Å². The number of terminal acetylenes is 1. The Kier molecular flexibility index (Phi) is 7.21. The van der Waals surface area contributed by atoms with Crippen LogP contribution in [0.2, 0.25) is 5.02 Å². The van der Waals surface area contributed by atoms with Crippen molar-refractivity contribution in [2.75, 3.05) is 11.4 Å². The van der Waals surface area contributed by atoms with Gasteiger partial charge in [-0.15, -0.1) is 18.2 Å². The number of carboxylic acids is 1. The number of nitrogens with zero attached hydrogens (tertiary/aromatic N) is 3. The van der Waals surface area contributed by atoms with Crippen molar-refractivity contribution in [2.45, 2.75) is 30.0 Å².